The lowest BCUT2D eigenvalue weighted by molar-refractivity contribution is -0.927. The summed E-state index contributed by atoms with van der Waals surface area (Å²) in [6, 6.07) is 0. The average Bonchev–Trinajstić information content (AvgIpc) is 2.33. The second-order valence-corrected chi connectivity index (χ2v) is 5.31. The van der Waals surface area contributed by atoms with E-state index < -0.39 is 0 Å². The van der Waals surface area contributed by atoms with Crippen LogP contribution in [-0.2, 0) is 0 Å². The van der Waals surface area contributed by atoms with E-state index in [1.807, 2.05) is 0 Å². The Labute approximate surface area is 92.9 Å². The van der Waals surface area contributed by atoms with E-state index in [4.69, 9.17) is 0 Å². The summed E-state index contributed by atoms with van der Waals surface area (Å²) in [7, 11) is 0. The van der Waals surface area contributed by atoms with Gasteiger partial charge in [0.15, 0.2) is 0 Å². The zero-order chi connectivity index (χ0) is 8.60. The highest BCUT2D eigenvalue weighted by atomic mass is 79.9. The Bertz CT molecular complexity index is 151. The maximum atomic E-state index is 2.44. The van der Waals surface area contributed by atoms with Gasteiger partial charge in [0, 0.05) is 24.7 Å². The maximum absolute atomic E-state index is 2.44. The molecule has 2 heterocycles. The van der Waals surface area contributed by atoms with Crippen LogP contribution in [0.3, 0.4) is 0 Å². The second-order valence-electron chi connectivity index (χ2n) is 5.31. The first-order valence-corrected chi connectivity index (χ1v) is 5.55. The van der Waals surface area contributed by atoms with Gasteiger partial charge in [-0.05, 0) is 6.42 Å². The van der Waals surface area contributed by atoms with Crippen molar-refractivity contribution in [2.75, 3.05) is 26.2 Å². The van der Waals surface area contributed by atoms with E-state index >= 15 is 0 Å². The van der Waals surface area contributed by atoms with Crippen molar-refractivity contribution in [1.29, 1.82) is 0 Å². The molecule has 0 saturated carbocycles. The zero-order valence-electron chi connectivity index (χ0n) is 8.93. The quantitative estimate of drug-likeness (QED) is 0.496. The molecule has 2 rings (SSSR count). The fourth-order valence-corrected chi connectivity index (χ4v) is 3.60. The van der Waals surface area contributed by atoms with Crippen molar-refractivity contribution < 1.29 is 21.5 Å². The molecule has 78 valence electrons. The topological polar surface area (TPSA) is 0 Å². The zero-order valence-corrected chi connectivity index (χ0v) is 10.5. The van der Waals surface area contributed by atoms with Crippen LogP contribution in [0.2, 0.25) is 0 Å². The van der Waals surface area contributed by atoms with Gasteiger partial charge in [-0.15, -0.1) is 0 Å². The third kappa shape index (κ3) is 2.47. The van der Waals surface area contributed by atoms with Crippen LogP contribution in [-0.4, -0.2) is 30.7 Å². The Hall–Kier alpha value is 0.440. The molecule has 0 aliphatic carbocycles. The standard InChI is InChI=1S/C11H22N.BrH/c1-10-7-11(2)9-12(8-10)5-3-4-6-12;/h10-11H,3-9H2,1-2H3;1H/q+1;/p-1. The molecule has 2 heteroatoms. The fourth-order valence-electron chi connectivity index (χ4n) is 3.60. The van der Waals surface area contributed by atoms with Gasteiger partial charge in [-0.25, -0.2) is 0 Å². The van der Waals surface area contributed by atoms with Gasteiger partial charge in [0.25, 0.3) is 0 Å². The smallest absolute Gasteiger partial charge is 0.0812 e. The normalized spacial score (nSPS) is 37.4. The van der Waals surface area contributed by atoms with E-state index in [2.05, 4.69) is 13.8 Å². The van der Waals surface area contributed by atoms with Gasteiger partial charge in [0.05, 0.1) is 26.2 Å². The van der Waals surface area contributed by atoms with E-state index in [0.717, 1.165) is 11.8 Å². The molecule has 2 saturated heterocycles. The van der Waals surface area contributed by atoms with Gasteiger partial charge >= 0.3 is 0 Å². The van der Waals surface area contributed by atoms with E-state index in [0.29, 0.717) is 0 Å². The number of halogens is 1. The van der Waals surface area contributed by atoms with Crippen LogP contribution in [0, 0.1) is 11.8 Å². The summed E-state index contributed by atoms with van der Waals surface area (Å²) in [5, 5.41) is 0. The van der Waals surface area contributed by atoms with Gasteiger partial charge in [-0.1, -0.05) is 13.8 Å². The molecule has 2 aliphatic heterocycles. The van der Waals surface area contributed by atoms with Crippen LogP contribution in [0.5, 0.6) is 0 Å². The van der Waals surface area contributed by atoms with E-state index in [9.17, 15) is 0 Å². The molecule has 2 unspecified atom stereocenters. The number of hydrogen-bond acceptors (Lipinski definition) is 0. The molecule has 0 aromatic rings. The van der Waals surface area contributed by atoms with Gasteiger partial charge in [0.1, 0.15) is 0 Å². The Kier molecular flexibility index (Phi) is 3.82. The Morgan fingerprint density at radius 1 is 0.923 bits per heavy atom. The SMILES string of the molecule is CC1CC(C)C[N+]2(CCCC2)C1.[Br-]. The molecule has 1 spiro atoms. The molecule has 0 N–H and O–H groups in total. The molecule has 1 nitrogen and oxygen atoms in total. The maximum Gasteiger partial charge on any atom is 0.0812 e. The molecular weight excluding hydrogens is 226 g/mol. The lowest BCUT2D eigenvalue weighted by Gasteiger charge is -2.43. The number of rotatable bonds is 0. The van der Waals surface area contributed by atoms with E-state index in [1.165, 1.54) is 49.9 Å². The van der Waals surface area contributed by atoms with Gasteiger partial charge in [-0.2, -0.15) is 0 Å². The van der Waals surface area contributed by atoms with Crippen LogP contribution in [0.15, 0.2) is 0 Å². The first-order valence-electron chi connectivity index (χ1n) is 5.55. The van der Waals surface area contributed by atoms with Crippen LogP contribution < -0.4 is 17.0 Å². The van der Waals surface area contributed by atoms with Crippen molar-refractivity contribution in [3.63, 3.8) is 0 Å². The summed E-state index contributed by atoms with van der Waals surface area (Å²) >= 11 is 0. The molecule has 2 atom stereocenters. The van der Waals surface area contributed by atoms with Crippen molar-refractivity contribution in [1.82, 2.24) is 0 Å². The summed E-state index contributed by atoms with van der Waals surface area (Å²) in [5.74, 6) is 1.96. The third-order valence-corrected chi connectivity index (χ3v) is 3.72. The fraction of sp³-hybridized carbons (Fsp3) is 1.00. The monoisotopic (exact) mass is 247 g/mol. The summed E-state index contributed by atoms with van der Waals surface area (Å²) in [6.45, 7) is 10.8. The van der Waals surface area contributed by atoms with Crippen molar-refractivity contribution in [3.05, 3.63) is 0 Å². The molecule has 2 aliphatic rings. The first kappa shape index (κ1) is 11.5. The summed E-state index contributed by atoms with van der Waals surface area (Å²) < 4.78 is 1.47. The summed E-state index contributed by atoms with van der Waals surface area (Å²) in [4.78, 5) is 0. The van der Waals surface area contributed by atoms with E-state index in [1.54, 1.807) is 0 Å². The molecule has 0 radical (unpaired) electrons. The summed E-state index contributed by atoms with van der Waals surface area (Å²) in [6.07, 6.45) is 4.44. The Morgan fingerprint density at radius 2 is 1.38 bits per heavy atom. The number of nitrogens with zero attached hydrogens (tertiary/aromatic N) is 1. The number of piperidine rings is 1. The van der Waals surface area contributed by atoms with Crippen LogP contribution in [0.25, 0.3) is 0 Å². The molecular formula is C11H22BrN. The second kappa shape index (κ2) is 4.31. The predicted octanol–water partition coefficient (Wildman–Crippen LogP) is -0.723. The molecule has 0 amide bonds. The van der Waals surface area contributed by atoms with Crippen molar-refractivity contribution >= 4 is 0 Å². The molecule has 0 aromatic carbocycles. The van der Waals surface area contributed by atoms with Gasteiger partial charge in [-0.3, -0.25) is 0 Å². The lowest BCUT2D eigenvalue weighted by Crippen LogP contribution is -3.00. The van der Waals surface area contributed by atoms with Crippen molar-refractivity contribution in [2.24, 2.45) is 11.8 Å². The van der Waals surface area contributed by atoms with Gasteiger partial charge in [0.2, 0.25) is 0 Å². The van der Waals surface area contributed by atoms with Crippen molar-refractivity contribution in [2.45, 2.75) is 33.1 Å². The molecule has 0 aromatic heterocycles. The van der Waals surface area contributed by atoms with Crippen LogP contribution in [0.1, 0.15) is 33.1 Å². The molecule has 13 heavy (non-hydrogen) atoms. The highest BCUT2D eigenvalue weighted by Crippen LogP contribution is 2.31. The largest absolute Gasteiger partial charge is 1.00 e. The minimum Gasteiger partial charge on any atom is -1.00 e. The predicted molar refractivity (Wildman–Crippen MR) is 51.9 cm³/mol. The highest BCUT2D eigenvalue weighted by Gasteiger charge is 2.38. The summed E-state index contributed by atoms with van der Waals surface area (Å²) in [5.41, 5.74) is 0. The van der Waals surface area contributed by atoms with Crippen molar-refractivity contribution in [3.8, 4) is 0 Å². The van der Waals surface area contributed by atoms with E-state index in [-0.39, 0.29) is 17.0 Å². The minimum absolute atomic E-state index is 0. The average molecular weight is 248 g/mol. The van der Waals surface area contributed by atoms with Crippen LogP contribution >= 0.6 is 0 Å². The lowest BCUT2D eigenvalue weighted by atomic mass is 9.90. The highest BCUT2D eigenvalue weighted by molar-refractivity contribution is 4.69. The number of hydrogen-bond donors (Lipinski definition) is 0. The van der Waals surface area contributed by atoms with Crippen LogP contribution in [0.4, 0.5) is 0 Å². The Morgan fingerprint density at radius 3 is 1.85 bits per heavy atom. The third-order valence-electron chi connectivity index (χ3n) is 3.72. The first-order chi connectivity index (χ1) is 5.70. The van der Waals surface area contributed by atoms with Gasteiger partial charge < -0.3 is 21.5 Å². The minimum atomic E-state index is 0. The number of quaternary nitrogens is 1. The molecule has 2 fully saturated rings. The molecule has 0 bridgehead atoms. The Balaban J connectivity index is 0.000000845.